The van der Waals surface area contributed by atoms with Gasteiger partial charge in [-0.1, -0.05) is 18.2 Å². The molecule has 3 aromatic heterocycles. The predicted molar refractivity (Wildman–Crippen MR) is 124 cm³/mol. The van der Waals surface area contributed by atoms with Crippen LogP contribution in [0.15, 0.2) is 42.9 Å². The van der Waals surface area contributed by atoms with Crippen LogP contribution in [0.5, 0.6) is 0 Å². The van der Waals surface area contributed by atoms with Crippen LogP contribution in [0.2, 0.25) is 5.28 Å². The first kappa shape index (κ1) is 20.7. The number of benzene rings is 1. The summed E-state index contributed by atoms with van der Waals surface area (Å²) in [7, 11) is 0. The zero-order valence-corrected chi connectivity index (χ0v) is 18.7. The number of hydrogen-bond acceptors (Lipinski definition) is 7. The minimum absolute atomic E-state index is 0.181. The molecule has 0 bridgehead atoms. The monoisotopic (exact) mass is 452 g/mol. The molecule has 1 aliphatic heterocycles. The van der Waals surface area contributed by atoms with Crippen molar-refractivity contribution in [2.45, 2.75) is 39.0 Å². The molecule has 10 heteroatoms. The molecule has 1 aliphatic rings. The van der Waals surface area contributed by atoms with E-state index in [9.17, 15) is 5.11 Å². The van der Waals surface area contributed by atoms with Crippen molar-refractivity contribution in [3.63, 3.8) is 0 Å². The van der Waals surface area contributed by atoms with Gasteiger partial charge in [-0.25, -0.2) is 9.67 Å². The molecule has 2 N–H and O–H groups in total. The average molecular weight is 453 g/mol. The lowest BCUT2D eigenvalue weighted by molar-refractivity contribution is 0.198. The Morgan fingerprint density at radius 1 is 1.22 bits per heavy atom. The number of aliphatic hydroxyl groups excluding tert-OH is 1. The molecule has 0 unspecified atom stereocenters. The summed E-state index contributed by atoms with van der Waals surface area (Å²) in [6.07, 6.45) is 4.20. The topological polar surface area (TPSA) is 96.9 Å². The Morgan fingerprint density at radius 3 is 2.84 bits per heavy atom. The van der Waals surface area contributed by atoms with Gasteiger partial charge >= 0.3 is 0 Å². The highest BCUT2D eigenvalue weighted by Gasteiger charge is 2.22. The van der Waals surface area contributed by atoms with E-state index in [1.807, 2.05) is 39.7 Å². The molecule has 1 saturated heterocycles. The number of halogens is 1. The smallest absolute Gasteiger partial charge is 0.226 e. The fraction of sp³-hybridized carbons (Fsp3) is 0.364. The number of anilines is 2. The van der Waals surface area contributed by atoms with Gasteiger partial charge in [-0.2, -0.15) is 15.1 Å². The van der Waals surface area contributed by atoms with Crippen molar-refractivity contribution in [1.29, 1.82) is 0 Å². The van der Waals surface area contributed by atoms with Crippen LogP contribution >= 0.6 is 11.6 Å². The van der Waals surface area contributed by atoms with Crippen molar-refractivity contribution in [3.8, 4) is 5.69 Å². The predicted octanol–water partition coefficient (Wildman–Crippen LogP) is 3.43. The van der Waals surface area contributed by atoms with Crippen molar-refractivity contribution in [1.82, 2.24) is 29.3 Å². The fourth-order valence-electron chi connectivity index (χ4n) is 4.02. The molecule has 4 heterocycles. The highest BCUT2D eigenvalue weighted by molar-refractivity contribution is 6.28. The van der Waals surface area contributed by atoms with Crippen LogP contribution in [0.3, 0.4) is 0 Å². The number of hydrogen-bond donors (Lipinski definition) is 2. The molecule has 0 radical (unpaired) electrons. The Balaban J connectivity index is 1.41. The first-order chi connectivity index (χ1) is 15.5. The summed E-state index contributed by atoms with van der Waals surface area (Å²) in [5.74, 6) is 1.47. The third-order valence-corrected chi connectivity index (χ3v) is 5.87. The van der Waals surface area contributed by atoms with Crippen LogP contribution in [-0.4, -0.2) is 53.6 Å². The lowest BCUT2D eigenvalue weighted by atomic mass is 10.2. The van der Waals surface area contributed by atoms with E-state index in [4.69, 9.17) is 16.7 Å². The second-order valence-corrected chi connectivity index (χ2v) is 8.59. The number of aliphatic hydroxyl groups is 1. The Kier molecular flexibility index (Phi) is 5.44. The SMILES string of the molecule is CC(C)n1cnc2c(NCc3ccccc3-n3ccc(N4CC[C@@H](O)C4)n3)nc(Cl)nc21. The summed E-state index contributed by atoms with van der Waals surface area (Å²) in [6.45, 7) is 6.09. The Morgan fingerprint density at radius 2 is 2.06 bits per heavy atom. The molecule has 166 valence electrons. The van der Waals surface area contributed by atoms with Crippen LogP contribution in [0.4, 0.5) is 11.6 Å². The van der Waals surface area contributed by atoms with E-state index in [0.717, 1.165) is 30.0 Å². The highest BCUT2D eigenvalue weighted by Crippen LogP contribution is 2.25. The summed E-state index contributed by atoms with van der Waals surface area (Å²) in [6, 6.07) is 10.3. The molecule has 1 aromatic carbocycles. The van der Waals surface area contributed by atoms with E-state index in [1.165, 1.54) is 0 Å². The second kappa shape index (κ2) is 8.40. The van der Waals surface area contributed by atoms with Gasteiger partial charge < -0.3 is 19.9 Å². The fourth-order valence-corrected chi connectivity index (χ4v) is 4.19. The van der Waals surface area contributed by atoms with Gasteiger partial charge in [-0.05, 0) is 43.5 Å². The number of fused-ring (bicyclic) bond motifs is 1. The van der Waals surface area contributed by atoms with Gasteiger partial charge in [-0.15, -0.1) is 0 Å². The van der Waals surface area contributed by atoms with E-state index in [1.54, 1.807) is 6.33 Å². The van der Waals surface area contributed by atoms with Crippen LogP contribution in [-0.2, 0) is 6.54 Å². The number of nitrogens with zero attached hydrogens (tertiary/aromatic N) is 7. The zero-order valence-electron chi connectivity index (χ0n) is 18.0. The minimum Gasteiger partial charge on any atom is -0.391 e. The van der Waals surface area contributed by atoms with Gasteiger partial charge in [-0.3, -0.25) is 0 Å². The average Bonchev–Trinajstić information content (AvgIpc) is 3.51. The molecule has 1 fully saturated rings. The third kappa shape index (κ3) is 3.89. The molecular formula is C22H25ClN8O. The van der Waals surface area contributed by atoms with Gasteiger partial charge in [0.15, 0.2) is 22.8 Å². The summed E-state index contributed by atoms with van der Waals surface area (Å²) in [4.78, 5) is 15.3. The number of rotatable bonds is 6. The second-order valence-electron chi connectivity index (χ2n) is 8.25. The maximum absolute atomic E-state index is 9.82. The summed E-state index contributed by atoms with van der Waals surface area (Å²) in [5.41, 5.74) is 3.42. The maximum atomic E-state index is 9.82. The molecule has 0 saturated carbocycles. The zero-order chi connectivity index (χ0) is 22.2. The number of nitrogens with one attached hydrogen (secondary N) is 1. The molecule has 5 rings (SSSR count). The first-order valence-corrected chi connectivity index (χ1v) is 11.1. The van der Waals surface area contributed by atoms with E-state index in [0.29, 0.717) is 30.1 Å². The van der Waals surface area contributed by atoms with E-state index in [2.05, 4.69) is 45.1 Å². The summed E-state index contributed by atoms with van der Waals surface area (Å²) in [5, 5.41) is 18.1. The summed E-state index contributed by atoms with van der Waals surface area (Å²) >= 11 is 6.20. The lowest BCUT2D eigenvalue weighted by Gasteiger charge is -2.14. The van der Waals surface area contributed by atoms with Crippen molar-refractivity contribution < 1.29 is 5.11 Å². The van der Waals surface area contributed by atoms with Crippen LogP contribution in [0.25, 0.3) is 16.9 Å². The molecule has 9 nitrogen and oxygen atoms in total. The Bertz CT molecular complexity index is 1250. The Labute approximate surface area is 190 Å². The number of β-amino-alcohol motifs (C(OH)–C–C–N with tert-alkyl or cyclic N) is 1. The molecule has 32 heavy (non-hydrogen) atoms. The van der Waals surface area contributed by atoms with Crippen molar-refractivity contribution >= 4 is 34.4 Å². The molecule has 0 amide bonds. The van der Waals surface area contributed by atoms with E-state index in [-0.39, 0.29) is 17.4 Å². The maximum Gasteiger partial charge on any atom is 0.226 e. The number of para-hydroxylation sites is 1. The first-order valence-electron chi connectivity index (χ1n) is 10.7. The minimum atomic E-state index is -0.285. The van der Waals surface area contributed by atoms with E-state index >= 15 is 0 Å². The molecule has 1 atom stereocenters. The quantitative estimate of drug-likeness (QED) is 0.432. The van der Waals surface area contributed by atoms with Gasteiger partial charge in [0.05, 0.1) is 18.1 Å². The standard InChI is InChI=1S/C22H25ClN8O/c1-14(2)30-13-25-19-20(26-22(23)27-21(19)30)24-11-15-5-3-4-6-17(15)31-10-8-18(28-31)29-9-7-16(32)12-29/h3-6,8,10,13-14,16,32H,7,9,11-12H2,1-2H3,(H,24,26,27)/t16-/m1/s1. The van der Waals surface area contributed by atoms with Crippen LogP contribution in [0.1, 0.15) is 31.9 Å². The molecule has 0 spiro atoms. The molecule has 4 aromatic rings. The number of imidazole rings is 1. The molecule has 0 aliphatic carbocycles. The number of aromatic nitrogens is 6. The van der Waals surface area contributed by atoms with Gasteiger partial charge in [0, 0.05) is 37.9 Å². The van der Waals surface area contributed by atoms with Crippen LogP contribution < -0.4 is 10.2 Å². The third-order valence-electron chi connectivity index (χ3n) is 5.70. The normalized spacial score (nSPS) is 16.4. The van der Waals surface area contributed by atoms with Crippen molar-refractivity contribution in [2.24, 2.45) is 0 Å². The van der Waals surface area contributed by atoms with Crippen molar-refractivity contribution in [2.75, 3.05) is 23.3 Å². The van der Waals surface area contributed by atoms with E-state index < -0.39 is 0 Å². The lowest BCUT2D eigenvalue weighted by Crippen LogP contribution is -2.21. The summed E-state index contributed by atoms with van der Waals surface area (Å²) < 4.78 is 3.84. The highest BCUT2D eigenvalue weighted by atomic mass is 35.5. The van der Waals surface area contributed by atoms with Gasteiger partial charge in [0.2, 0.25) is 5.28 Å². The van der Waals surface area contributed by atoms with Gasteiger partial charge in [0.25, 0.3) is 0 Å². The van der Waals surface area contributed by atoms with Crippen molar-refractivity contribution in [3.05, 3.63) is 53.7 Å². The molecular weight excluding hydrogens is 428 g/mol. The van der Waals surface area contributed by atoms with Crippen LogP contribution in [0, 0.1) is 0 Å². The van der Waals surface area contributed by atoms with Gasteiger partial charge in [0.1, 0.15) is 0 Å². The Hall–Kier alpha value is -3.17. The largest absolute Gasteiger partial charge is 0.391 e.